The Kier molecular flexibility index (Phi) is 3.96. The Labute approximate surface area is 129 Å². The number of nitrogens with zero attached hydrogens (tertiary/aromatic N) is 1. The number of rotatable bonds is 5. The Morgan fingerprint density at radius 1 is 1.09 bits per heavy atom. The maximum atomic E-state index is 12.7. The Bertz CT molecular complexity index is 886. The molecule has 0 atom stereocenters. The minimum Gasteiger partial charge on any atom is -0.330 e. The molecule has 0 spiro atoms. The largest absolute Gasteiger partial charge is 0.330 e. The van der Waals surface area contributed by atoms with Gasteiger partial charge in [0.25, 0.3) is 0 Å². The lowest BCUT2D eigenvalue weighted by atomic mass is 10.1. The van der Waals surface area contributed by atoms with E-state index >= 15 is 0 Å². The van der Waals surface area contributed by atoms with Crippen LogP contribution in [0.5, 0.6) is 0 Å². The Hall–Kier alpha value is -2.18. The van der Waals surface area contributed by atoms with Crippen LogP contribution in [0.4, 0.5) is 0 Å². The molecule has 1 heterocycles. The van der Waals surface area contributed by atoms with Gasteiger partial charge < -0.3 is 5.73 Å². The van der Waals surface area contributed by atoms with Gasteiger partial charge in [0.15, 0.2) is 5.03 Å². The first-order chi connectivity index (χ1) is 10.6. The fraction of sp³-hybridized carbons (Fsp3) is 0.188. The molecule has 0 saturated heterocycles. The highest BCUT2D eigenvalue weighted by Gasteiger charge is 2.22. The average Bonchev–Trinajstić information content (AvgIpc) is 2.97. The van der Waals surface area contributed by atoms with Crippen LogP contribution in [0, 0.1) is 0 Å². The zero-order chi connectivity index (χ0) is 15.6. The van der Waals surface area contributed by atoms with Gasteiger partial charge in [0, 0.05) is 5.39 Å². The normalized spacial score (nSPS) is 11.9. The molecule has 0 radical (unpaired) electrons. The van der Waals surface area contributed by atoms with Crippen molar-refractivity contribution in [2.24, 2.45) is 5.73 Å². The maximum absolute atomic E-state index is 12.7. The van der Waals surface area contributed by atoms with Gasteiger partial charge >= 0.3 is 0 Å². The van der Waals surface area contributed by atoms with Crippen molar-refractivity contribution in [2.45, 2.75) is 22.8 Å². The first-order valence-corrected chi connectivity index (χ1v) is 8.58. The van der Waals surface area contributed by atoms with Gasteiger partial charge in [-0.1, -0.05) is 24.3 Å². The van der Waals surface area contributed by atoms with Gasteiger partial charge in [-0.15, -0.1) is 0 Å². The smallest absolute Gasteiger partial charge is 0.223 e. The minimum atomic E-state index is -3.60. The van der Waals surface area contributed by atoms with Crippen molar-refractivity contribution in [3.8, 4) is 0 Å². The van der Waals surface area contributed by atoms with E-state index < -0.39 is 9.84 Å². The van der Waals surface area contributed by atoms with Gasteiger partial charge in [-0.2, -0.15) is 5.10 Å². The zero-order valence-electron chi connectivity index (χ0n) is 12.0. The molecule has 0 aliphatic rings. The Morgan fingerprint density at radius 3 is 2.59 bits per heavy atom. The van der Waals surface area contributed by atoms with Crippen LogP contribution in [0.1, 0.15) is 12.0 Å². The van der Waals surface area contributed by atoms with Crippen molar-refractivity contribution >= 4 is 20.7 Å². The number of benzene rings is 2. The Balaban J connectivity index is 2.11. The number of fused-ring (bicyclic) bond motifs is 1. The lowest BCUT2D eigenvalue weighted by molar-refractivity contribution is 0.593. The second kappa shape index (κ2) is 5.90. The number of hydrogen-bond acceptors (Lipinski definition) is 4. The van der Waals surface area contributed by atoms with E-state index in [2.05, 4.69) is 10.2 Å². The molecule has 22 heavy (non-hydrogen) atoms. The average molecular weight is 315 g/mol. The highest BCUT2D eigenvalue weighted by Crippen LogP contribution is 2.27. The first-order valence-electron chi connectivity index (χ1n) is 7.10. The third kappa shape index (κ3) is 2.63. The van der Waals surface area contributed by atoms with Crippen LogP contribution in [0.2, 0.25) is 0 Å². The van der Waals surface area contributed by atoms with Gasteiger partial charge in [-0.05, 0) is 49.2 Å². The van der Waals surface area contributed by atoms with E-state index in [1.165, 1.54) is 0 Å². The number of aryl methyl sites for hydroxylation is 1. The number of aromatic nitrogens is 2. The summed E-state index contributed by atoms with van der Waals surface area (Å²) in [4.78, 5) is 0.257. The summed E-state index contributed by atoms with van der Waals surface area (Å²) in [5, 5.41) is 7.54. The molecular formula is C16H17N3O2S. The molecule has 0 aliphatic heterocycles. The van der Waals surface area contributed by atoms with Crippen LogP contribution in [0.25, 0.3) is 10.9 Å². The van der Waals surface area contributed by atoms with Crippen molar-refractivity contribution < 1.29 is 8.42 Å². The fourth-order valence-corrected chi connectivity index (χ4v) is 3.79. The third-order valence-corrected chi connectivity index (χ3v) is 5.32. The van der Waals surface area contributed by atoms with Crippen LogP contribution >= 0.6 is 0 Å². The minimum absolute atomic E-state index is 0.142. The first kappa shape index (κ1) is 14.7. The molecule has 3 rings (SSSR count). The summed E-state index contributed by atoms with van der Waals surface area (Å²) in [6.45, 7) is 0.610. The molecule has 2 aromatic carbocycles. The molecule has 0 bridgehead atoms. The van der Waals surface area contributed by atoms with Crippen LogP contribution in [0.3, 0.4) is 0 Å². The van der Waals surface area contributed by atoms with Gasteiger partial charge in [-0.25, -0.2) is 8.42 Å². The number of nitrogens with two attached hydrogens (primary N) is 1. The summed E-state index contributed by atoms with van der Waals surface area (Å²) in [5.41, 5.74) is 7.23. The predicted molar refractivity (Wildman–Crippen MR) is 85.4 cm³/mol. The van der Waals surface area contributed by atoms with Crippen molar-refractivity contribution in [1.29, 1.82) is 0 Å². The van der Waals surface area contributed by atoms with E-state index in [9.17, 15) is 8.42 Å². The van der Waals surface area contributed by atoms with E-state index in [-0.39, 0.29) is 9.92 Å². The Morgan fingerprint density at radius 2 is 1.86 bits per heavy atom. The van der Waals surface area contributed by atoms with Crippen molar-refractivity contribution in [3.05, 3.63) is 54.1 Å². The molecule has 0 saturated carbocycles. The number of H-pyrrole nitrogens is 1. The summed E-state index contributed by atoms with van der Waals surface area (Å²) >= 11 is 0. The monoisotopic (exact) mass is 315 g/mol. The third-order valence-electron chi connectivity index (χ3n) is 3.58. The standard InChI is InChI=1S/C16H17N3O2S/c17-10-4-5-12-8-9-15-14(11-12)16(19-18-15)22(20,21)13-6-2-1-3-7-13/h1-3,6-9,11H,4-5,10,17H2,(H,18,19). The number of nitrogens with one attached hydrogen (secondary N) is 1. The predicted octanol–water partition coefficient (Wildman–Crippen LogP) is 2.29. The fourth-order valence-electron chi connectivity index (χ4n) is 2.42. The molecule has 114 valence electrons. The zero-order valence-corrected chi connectivity index (χ0v) is 12.8. The molecule has 3 N–H and O–H groups in total. The molecule has 0 aliphatic carbocycles. The van der Waals surface area contributed by atoms with Gasteiger partial charge in [0.2, 0.25) is 9.84 Å². The molecule has 0 amide bonds. The van der Waals surface area contributed by atoms with Gasteiger partial charge in [-0.3, -0.25) is 5.10 Å². The highest BCUT2D eigenvalue weighted by atomic mass is 32.2. The van der Waals surface area contributed by atoms with Crippen LogP contribution < -0.4 is 5.73 Å². The molecule has 1 aromatic heterocycles. The molecular weight excluding hydrogens is 298 g/mol. The van der Waals surface area contributed by atoms with E-state index in [1.54, 1.807) is 30.3 Å². The van der Waals surface area contributed by atoms with Gasteiger partial charge in [0.1, 0.15) is 0 Å². The lowest BCUT2D eigenvalue weighted by Crippen LogP contribution is -2.03. The van der Waals surface area contributed by atoms with Crippen molar-refractivity contribution in [2.75, 3.05) is 6.54 Å². The van der Waals surface area contributed by atoms with E-state index in [0.29, 0.717) is 17.4 Å². The van der Waals surface area contributed by atoms with Crippen LogP contribution in [0.15, 0.2) is 58.5 Å². The summed E-state index contributed by atoms with van der Waals surface area (Å²) in [6.07, 6.45) is 1.69. The molecule has 3 aromatic rings. The summed E-state index contributed by atoms with van der Waals surface area (Å²) in [6, 6.07) is 14.0. The summed E-state index contributed by atoms with van der Waals surface area (Å²) < 4.78 is 25.5. The van der Waals surface area contributed by atoms with Crippen molar-refractivity contribution in [3.63, 3.8) is 0 Å². The van der Waals surface area contributed by atoms with E-state index in [1.807, 2.05) is 18.2 Å². The van der Waals surface area contributed by atoms with Crippen LogP contribution in [-0.2, 0) is 16.3 Å². The summed E-state index contributed by atoms with van der Waals surface area (Å²) in [5.74, 6) is 0. The van der Waals surface area contributed by atoms with E-state index in [4.69, 9.17) is 5.73 Å². The SMILES string of the molecule is NCCCc1ccc2n[nH]c(S(=O)(=O)c3ccccc3)c2c1. The highest BCUT2D eigenvalue weighted by molar-refractivity contribution is 7.91. The second-order valence-corrected chi connectivity index (χ2v) is 7.00. The number of sulfone groups is 1. The van der Waals surface area contributed by atoms with Gasteiger partial charge in [0.05, 0.1) is 10.4 Å². The van der Waals surface area contributed by atoms with Crippen LogP contribution in [-0.4, -0.2) is 25.2 Å². The summed E-state index contributed by atoms with van der Waals surface area (Å²) in [7, 11) is -3.60. The second-order valence-electron chi connectivity index (χ2n) is 5.11. The number of aromatic amines is 1. The quantitative estimate of drug-likeness (QED) is 0.756. The molecule has 0 unspecified atom stereocenters. The molecule has 0 fully saturated rings. The van der Waals surface area contributed by atoms with E-state index in [0.717, 1.165) is 18.4 Å². The van der Waals surface area contributed by atoms with Crippen molar-refractivity contribution in [1.82, 2.24) is 10.2 Å². The molecule has 6 heteroatoms. The maximum Gasteiger partial charge on any atom is 0.223 e. The topological polar surface area (TPSA) is 88.8 Å². The lowest BCUT2D eigenvalue weighted by Gasteiger charge is -2.04. The molecule has 5 nitrogen and oxygen atoms in total. The number of hydrogen-bond donors (Lipinski definition) is 2.